The average molecular weight is 433 g/mol. The van der Waals surface area contributed by atoms with Crippen molar-refractivity contribution in [3.63, 3.8) is 0 Å². The second-order valence-electron chi connectivity index (χ2n) is 5.62. The summed E-state index contributed by atoms with van der Waals surface area (Å²) < 4.78 is 30.7. The summed E-state index contributed by atoms with van der Waals surface area (Å²) in [6.45, 7) is 2.18. The minimum atomic E-state index is -3.92. The first kappa shape index (κ1) is 20.4. The monoisotopic (exact) mass is 433 g/mol. The zero-order valence-electron chi connectivity index (χ0n) is 15.1. The van der Waals surface area contributed by atoms with E-state index in [1.807, 2.05) is 0 Å². The Kier molecular flexibility index (Phi) is 5.89. The van der Waals surface area contributed by atoms with E-state index in [1.165, 1.54) is 0 Å². The molecule has 0 aliphatic carbocycles. The van der Waals surface area contributed by atoms with Gasteiger partial charge >= 0.3 is 0 Å². The Bertz CT molecular complexity index is 1160. The number of rotatable bonds is 7. The van der Waals surface area contributed by atoms with Gasteiger partial charge in [0.05, 0.1) is 28.2 Å². The molecule has 0 saturated heterocycles. The van der Waals surface area contributed by atoms with E-state index >= 15 is 0 Å². The number of aromatic nitrogens is 1. The first-order valence-electron chi connectivity index (χ1n) is 8.31. The first-order valence-corrected chi connectivity index (χ1v) is 10.6. The van der Waals surface area contributed by atoms with E-state index in [1.54, 1.807) is 31.2 Å². The molecule has 150 valence electrons. The van der Waals surface area contributed by atoms with Crippen LogP contribution in [0.2, 0.25) is 0 Å². The Hall–Kier alpha value is -3.31. The number of nitrogens with zero attached hydrogens (tertiary/aromatic N) is 2. The Labute approximate surface area is 170 Å². The van der Waals surface area contributed by atoms with Crippen molar-refractivity contribution in [2.24, 2.45) is 0 Å². The predicted molar refractivity (Wildman–Crippen MR) is 106 cm³/mol. The summed E-state index contributed by atoms with van der Waals surface area (Å²) in [5.74, 6) is -0.0783. The van der Waals surface area contributed by atoms with Crippen molar-refractivity contribution in [2.75, 3.05) is 11.9 Å². The van der Waals surface area contributed by atoms with Crippen molar-refractivity contribution >= 4 is 37.9 Å². The van der Waals surface area contributed by atoms with Crippen LogP contribution in [-0.2, 0) is 9.84 Å². The van der Waals surface area contributed by atoms with Gasteiger partial charge in [0.25, 0.3) is 11.6 Å². The minimum Gasteiger partial charge on any atom is -0.493 e. The fourth-order valence-electron chi connectivity index (χ4n) is 2.40. The van der Waals surface area contributed by atoms with Gasteiger partial charge in [0.2, 0.25) is 9.84 Å². The molecule has 29 heavy (non-hydrogen) atoms. The largest absolute Gasteiger partial charge is 0.493 e. The van der Waals surface area contributed by atoms with Gasteiger partial charge in [-0.1, -0.05) is 23.5 Å². The highest BCUT2D eigenvalue weighted by atomic mass is 32.2. The summed E-state index contributed by atoms with van der Waals surface area (Å²) in [6.07, 6.45) is 1.13. The number of thiazole rings is 1. The number of amides is 1. The highest BCUT2D eigenvalue weighted by Gasteiger charge is 2.23. The third-order valence-corrected chi connectivity index (χ3v) is 6.90. The molecule has 1 amide bonds. The third kappa shape index (κ3) is 4.41. The molecule has 9 nitrogen and oxygen atoms in total. The molecule has 0 spiro atoms. The zero-order chi connectivity index (χ0) is 21.0. The SMILES string of the molecule is CCOc1ccccc1C(=O)Nc1ncc(S(=O)(=O)c2ccc([N+](=O)[O-])cc2)s1. The second kappa shape index (κ2) is 8.37. The van der Waals surface area contributed by atoms with Crippen LogP contribution < -0.4 is 10.1 Å². The molecule has 0 unspecified atom stereocenters. The summed E-state index contributed by atoms with van der Waals surface area (Å²) in [7, 11) is -3.92. The molecule has 0 aliphatic heterocycles. The maximum Gasteiger partial charge on any atom is 0.269 e. The van der Waals surface area contributed by atoms with Gasteiger partial charge in [-0.15, -0.1) is 0 Å². The second-order valence-corrected chi connectivity index (χ2v) is 8.83. The van der Waals surface area contributed by atoms with Crippen molar-refractivity contribution in [2.45, 2.75) is 16.0 Å². The summed E-state index contributed by atoms with van der Waals surface area (Å²) in [5.41, 5.74) is 0.0819. The molecule has 1 aromatic heterocycles. The number of sulfone groups is 1. The number of hydrogen-bond donors (Lipinski definition) is 1. The fourth-order valence-corrected chi connectivity index (χ4v) is 4.83. The standard InChI is InChI=1S/C18H15N3O6S2/c1-2-27-15-6-4-3-5-14(15)17(22)20-18-19-11-16(28-18)29(25,26)13-9-7-12(8-10-13)21(23)24/h3-11H,2H2,1H3,(H,19,20,22). The lowest BCUT2D eigenvalue weighted by Crippen LogP contribution is -2.13. The van der Waals surface area contributed by atoms with E-state index in [4.69, 9.17) is 4.74 Å². The molecule has 3 aromatic rings. The normalized spacial score (nSPS) is 11.1. The number of anilines is 1. The Morgan fingerprint density at radius 2 is 1.90 bits per heavy atom. The number of benzene rings is 2. The number of non-ortho nitro benzene ring substituents is 1. The summed E-state index contributed by atoms with van der Waals surface area (Å²) in [4.78, 5) is 26.5. The number of carbonyl (C=O) groups excluding carboxylic acids is 1. The van der Waals surface area contributed by atoms with Gasteiger partial charge < -0.3 is 4.74 Å². The van der Waals surface area contributed by atoms with E-state index in [9.17, 15) is 23.3 Å². The third-order valence-electron chi connectivity index (χ3n) is 3.76. The van der Waals surface area contributed by atoms with Gasteiger partial charge in [-0.25, -0.2) is 13.4 Å². The molecular formula is C18H15N3O6S2. The van der Waals surface area contributed by atoms with Crippen LogP contribution >= 0.6 is 11.3 Å². The van der Waals surface area contributed by atoms with E-state index in [0.717, 1.165) is 41.8 Å². The molecule has 0 fully saturated rings. The van der Waals surface area contributed by atoms with Crippen LogP contribution in [0.5, 0.6) is 5.75 Å². The number of nitro benzene ring substituents is 1. The van der Waals surface area contributed by atoms with Crippen LogP contribution in [0, 0.1) is 10.1 Å². The fraction of sp³-hybridized carbons (Fsp3) is 0.111. The van der Waals surface area contributed by atoms with E-state index in [-0.39, 0.29) is 19.9 Å². The number of hydrogen-bond acceptors (Lipinski definition) is 8. The highest BCUT2D eigenvalue weighted by molar-refractivity contribution is 7.93. The Balaban J connectivity index is 1.81. The molecule has 0 atom stereocenters. The molecule has 11 heteroatoms. The molecule has 1 heterocycles. The minimum absolute atomic E-state index is 0.0975. The summed E-state index contributed by atoms with van der Waals surface area (Å²) in [6, 6.07) is 11.2. The smallest absolute Gasteiger partial charge is 0.269 e. The molecule has 0 bridgehead atoms. The van der Waals surface area contributed by atoms with E-state index in [0.29, 0.717) is 17.9 Å². The predicted octanol–water partition coefficient (Wildman–Crippen LogP) is 3.54. The van der Waals surface area contributed by atoms with Crippen molar-refractivity contribution in [1.29, 1.82) is 0 Å². The molecule has 0 radical (unpaired) electrons. The topological polar surface area (TPSA) is 128 Å². The maximum atomic E-state index is 12.7. The Morgan fingerprint density at radius 3 is 2.55 bits per heavy atom. The lowest BCUT2D eigenvalue weighted by molar-refractivity contribution is -0.384. The molecular weight excluding hydrogens is 418 g/mol. The zero-order valence-corrected chi connectivity index (χ0v) is 16.7. The van der Waals surface area contributed by atoms with Crippen LogP contribution in [0.25, 0.3) is 0 Å². The van der Waals surface area contributed by atoms with Crippen LogP contribution in [0.3, 0.4) is 0 Å². The lowest BCUT2D eigenvalue weighted by Gasteiger charge is -2.08. The number of nitro groups is 1. The van der Waals surface area contributed by atoms with Gasteiger partial charge in [0.1, 0.15) is 9.96 Å². The number of nitrogens with one attached hydrogen (secondary N) is 1. The molecule has 0 aliphatic rings. The van der Waals surface area contributed by atoms with E-state index < -0.39 is 20.7 Å². The van der Waals surface area contributed by atoms with Gasteiger partial charge in [0, 0.05) is 12.1 Å². The van der Waals surface area contributed by atoms with Crippen molar-refractivity contribution in [3.05, 3.63) is 70.4 Å². The van der Waals surface area contributed by atoms with Crippen LogP contribution in [0.4, 0.5) is 10.8 Å². The Morgan fingerprint density at radius 1 is 1.21 bits per heavy atom. The average Bonchev–Trinajstić information content (AvgIpc) is 3.18. The van der Waals surface area contributed by atoms with Crippen LogP contribution in [0.1, 0.15) is 17.3 Å². The molecule has 1 N–H and O–H groups in total. The van der Waals surface area contributed by atoms with Gasteiger partial charge in [-0.3, -0.25) is 20.2 Å². The van der Waals surface area contributed by atoms with Crippen molar-refractivity contribution in [3.8, 4) is 5.75 Å². The first-order chi connectivity index (χ1) is 13.8. The number of carbonyl (C=O) groups is 1. The van der Waals surface area contributed by atoms with Crippen molar-refractivity contribution < 1.29 is 22.9 Å². The van der Waals surface area contributed by atoms with Gasteiger partial charge in [0.15, 0.2) is 5.13 Å². The highest BCUT2D eigenvalue weighted by Crippen LogP contribution is 2.30. The summed E-state index contributed by atoms with van der Waals surface area (Å²) >= 11 is 0.782. The summed E-state index contributed by atoms with van der Waals surface area (Å²) in [5, 5.41) is 13.4. The molecule has 0 saturated carbocycles. The van der Waals surface area contributed by atoms with E-state index in [2.05, 4.69) is 10.3 Å². The lowest BCUT2D eigenvalue weighted by atomic mass is 10.2. The number of ether oxygens (including phenoxy) is 1. The number of para-hydroxylation sites is 1. The molecule has 2 aromatic carbocycles. The maximum absolute atomic E-state index is 12.7. The molecule has 3 rings (SSSR count). The van der Waals surface area contributed by atoms with Crippen LogP contribution in [-0.4, -0.2) is 30.8 Å². The quantitative estimate of drug-likeness (QED) is 0.446. The van der Waals surface area contributed by atoms with Gasteiger partial charge in [-0.05, 0) is 31.2 Å². The van der Waals surface area contributed by atoms with Gasteiger partial charge in [-0.2, -0.15) is 0 Å². The van der Waals surface area contributed by atoms with Crippen LogP contribution in [0.15, 0.2) is 63.8 Å². The van der Waals surface area contributed by atoms with Crippen molar-refractivity contribution in [1.82, 2.24) is 4.98 Å².